The Labute approximate surface area is 75.7 Å². The molecule has 1 rings (SSSR count). The number of aromatic nitrogens is 3. The molecule has 13 heavy (non-hydrogen) atoms. The third-order valence-corrected chi connectivity index (χ3v) is 1.54. The van der Waals surface area contributed by atoms with Crippen LogP contribution in [-0.4, -0.2) is 27.8 Å². The Morgan fingerprint density at radius 1 is 1.77 bits per heavy atom. The van der Waals surface area contributed by atoms with Crippen molar-refractivity contribution in [1.29, 1.82) is 0 Å². The maximum Gasteiger partial charge on any atom is 0.307 e. The standard InChI is InChI=1S/C7H12N4O2/c1-13-7(12)2-3-11-5-9-6(4-8)10-11/h5H,2-4,8H2,1H3. The van der Waals surface area contributed by atoms with Crippen LogP contribution in [0.15, 0.2) is 6.33 Å². The average Bonchev–Trinajstić information content (AvgIpc) is 2.61. The van der Waals surface area contributed by atoms with Gasteiger partial charge in [-0.05, 0) is 0 Å². The van der Waals surface area contributed by atoms with Gasteiger partial charge < -0.3 is 10.5 Å². The summed E-state index contributed by atoms with van der Waals surface area (Å²) in [7, 11) is 1.36. The number of carbonyl (C=O) groups excluding carboxylic acids is 1. The molecule has 6 nitrogen and oxygen atoms in total. The quantitative estimate of drug-likeness (QED) is 0.625. The van der Waals surface area contributed by atoms with Crippen molar-refractivity contribution >= 4 is 5.97 Å². The first-order valence-electron chi connectivity index (χ1n) is 3.91. The van der Waals surface area contributed by atoms with Gasteiger partial charge in [-0.25, -0.2) is 4.98 Å². The lowest BCUT2D eigenvalue weighted by Crippen LogP contribution is -2.08. The number of hydrogen-bond acceptors (Lipinski definition) is 5. The van der Waals surface area contributed by atoms with E-state index in [0.717, 1.165) is 0 Å². The topological polar surface area (TPSA) is 83.0 Å². The van der Waals surface area contributed by atoms with Crippen LogP contribution in [0.5, 0.6) is 0 Å². The van der Waals surface area contributed by atoms with Crippen LogP contribution in [0.3, 0.4) is 0 Å². The second-order valence-corrected chi connectivity index (χ2v) is 2.45. The van der Waals surface area contributed by atoms with E-state index in [9.17, 15) is 4.79 Å². The summed E-state index contributed by atoms with van der Waals surface area (Å²) >= 11 is 0. The summed E-state index contributed by atoms with van der Waals surface area (Å²) in [5.41, 5.74) is 5.32. The molecule has 0 saturated carbocycles. The van der Waals surface area contributed by atoms with Crippen molar-refractivity contribution in [3.63, 3.8) is 0 Å². The van der Waals surface area contributed by atoms with Crippen LogP contribution in [0.2, 0.25) is 0 Å². The van der Waals surface area contributed by atoms with Crippen molar-refractivity contribution < 1.29 is 9.53 Å². The van der Waals surface area contributed by atoms with Crippen LogP contribution in [0, 0.1) is 0 Å². The van der Waals surface area contributed by atoms with Crippen molar-refractivity contribution in [3.05, 3.63) is 12.2 Å². The highest BCUT2D eigenvalue weighted by Gasteiger charge is 2.02. The zero-order valence-corrected chi connectivity index (χ0v) is 7.43. The summed E-state index contributed by atoms with van der Waals surface area (Å²) in [6.45, 7) is 0.783. The van der Waals surface area contributed by atoms with Gasteiger partial charge in [-0.15, -0.1) is 0 Å². The molecule has 0 spiro atoms. The molecule has 1 aromatic rings. The van der Waals surface area contributed by atoms with E-state index in [-0.39, 0.29) is 5.97 Å². The largest absolute Gasteiger partial charge is 0.469 e. The molecule has 0 saturated heterocycles. The molecule has 0 bridgehead atoms. The number of esters is 1. The number of methoxy groups -OCH3 is 1. The van der Waals surface area contributed by atoms with Gasteiger partial charge in [0.1, 0.15) is 6.33 Å². The van der Waals surface area contributed by atoms with Gasteiger partial charge in [0.25, 0.3) is 0 Å². The van der Waals surface area contributed by atoms with Gasteiger partial charge >= 0.3 is 5.97 Å². The molecule has 0 aromatic carbocycles. The SMILES string of the molecule is COC(=O)CCn1cnc(CN)n1. The normalized spacial score (nSPS) is 10.0. The monoisotopic (exact) mass is 184 g/mol. The molecule has 6 heteroatoms. The number of nitrogens with two attached hydrogens (primary N) is 1. The highest BCUT2D eigenvalue weighted by Crippen LogP contribution is 1.92. The fraction of sp³-hybridized carbons (Fsp3) is 0.571. The maximum absolute atomic E-state index is 10.8. The molecule has 1 heterocycles. The van der Waals surface area contributed by atoms with Crippen molar-refractivity contribution in [3.8, 4) is 0 Å². The van der Waals surface area contributed by atoms with Crippen LogP contribution in [-0.2, 0) is 22.6 Å². The summed E-state index contributed by atoms with van der Waals surface area (Å²) in [4.78, 5) is 14.7. The first kappa shape index (κ1) is 9.66. The zero-order chi connectivity index (χ0) is 9.68. The van der Waals surface area contributed by atoms with E-state index < -0.39 is 0 Å². The van der Waals surface area contributed by atoms with Gasteiger partial charge in [0, 0.05) is 0 Å². The fourth-order valence-corrected chi connectivity index (χ4v) is 0.842. The van der Waals surface area contributed by atoms with Crippen molar-refractivity contribution in [2.24, 2.45) is 5.73 Å². The number of rotatable bonds is 4. The molecule has 0 radical (unpaired) electrons. The summed E-state index contributed by atoms with van der Waals surface area (Å²) < 4.78 is 6.05. The number of hydrogen-bond donors (Lipinski definition) is 1. The molecule has 2 N–H and O–H groups in total. The van der Waals surface area contributed by atoms with Crippen LogP contribution < -0.4 is 5.73 Å². The Balaban J connectivity index is 2.41. The summed E-state index contributed by atoms with van der Waals surface area (Å²) in [5.74, 6) is 0.315. The van der Waals surface area contributed by atoms with E-state index in [1.165, 1.54) is 7.11 Å². The summed E-state index contributed by atoms with van der Waals surface area (Å²) in [6.07, 6.45) is 1.84. The fourth-order valence-electron chi connectivity index (χ4n) is 0.842. The summed E-state index contributed by atoms with van der Waals surface area (Å²) in [5, 5.41) is 4.01. The molecular formula is C7H12N4O2. The van der Waals surface area contributed by atoms with E-state index >= 15 is 0 Å². The van der Waals surface area contributed by atoms with Crippen LogP contribution in [0.25, 0.3) is 0 Å². The molecule has 0 aliphatic rings. The van der Waals surface area contributed by atoms with Crippen LogP contribution in [0.4, 0.5) is 0 Å². The number of carbonyl (C=O) groups is 1. The van der Waals surface area contributed by atoms with Gasteiger partial charge in [0.15, 0.2) is 5.82 Å². The third kappa shape index (κ3) is 2.83. The molecule has 0 unspecified atom stereocenters. The third-order valence-electron chi connectivity index (χ3n) is 1.54. The first-order chi connectivity index (χ1) is 6.26. The Morgan fingerprint density at radius 3 is 3.08 bits per heavy atom. The smallest absolute Gasteiger partial charge is 0.307 e. The molecule has 0 fully saturated rings. The lowest BCUT2D eigenvalue weighted by Gasteiger charge is -1.98. The Hall–Kier alpha value is -1.43. The first-order valence-corrected chi connectivity index (χ1v) is 3.91. The lowest BCUT2D eigenvalue weighted by molar-refractivity contribution is -0.140. The van der Waals surface area contributed by atoms with Gasteiger partial charge in [0.05, 0.1) is 26.6 Å². The molecule has 0 aliphatic heterocycles. The second kappa shape index (κ2) is 4.56. The highest BCUT2D eigenvalue weighted by molar-refractivity contribution is 5.68. The number of aryl methyl sites for hydroxylation is 1. The zero-order valence-electron chi connectivity index (χ0n) is 7.43. The molecule has 72 valence electrons. The predicted molar refractivity (Wildman–Crippen MR) is 44.5 cm³/mol. The van der Waals surface area contributed by atoms with Crippen molar-refractivity contribution in [2.45, 2.75) is 19.5 Å². The average molecular weight is 184 g/mol. The Bertz CT molecular complexity index is 284. The number of nitrogens with zero attached hydrogens (tertiary/aromatic N) is 3. The lowest BCUT2D eigenvalue weighted by atomic mass is 10.4. The van der Waals surface area contributed by atoms with Gasteiger partial charge in [-0.3, -0.25) is 9.48 Å². The van der Waals surface area contributed by atoms with Crippen molar-refractivity contribution in [2.75, 3.05) is 7.11 Å². The summed E-state index contributed by atoms with van der Waals surface area (Å²) in [6, 6.07) is 0. The van der Waals surface area contributed by atoms with Crippen LogP contribution >= 0.6 is 0 Å². The minimum absolute atomic E-state index is 0.259. The highest BCUT2D eigenvalue weighted by atomic mass is 16.5. The molecule has 0 atom stereocenters. The van der Waals surface area contributed by atoms with E-state index in [0.29, 0.717) is 25.3 Å². The Morgan fingerprint density at radius 2 is 2.54 bits per heavy atom. The molecule has 1 aromatic heterocycles. The Kier molecular flexibility index (Phi) is 3.39. The molecule has 0 amide bonds. The predicted octanol–water partition coefficient (Wildman–Crippen LogP) is -0.700. The van der Waals surface area contributed by atoms with Gasteiger partial charge in [-0.1, -0.05) is 0 Å². The maximum atomic E-state index is 10.8. The van der Waals surface area contributed by atoms with Crippen LogP contribution in [0.1, 0.15) is 12.2 Å². The minimum atomic E-state index is -0.259. The van der Waals surface area contributed by atoms with E-state index in [1.807, 2.05) is 0 Å². The van der Waals surface area contributed by atoms with Crippen molar-refractivity contribution in [1.82, 2.24) is 14.8 Å². The molecule has 0 aliphatic carbocycles. The van der Waals surface area contributed by atoms with E-state index in [4.69, 9.17) is 5.73 Å². The van der Waals surface area contributed by atoms with E-state index in [1.54, 1.807) is 11.0 Å². The molecular weight excluding hydrogens is 172 g/mol. The van der Waals surface area contributed by atoms with Gasteiger partial charge in [-0.2, -0.15) is 5.10 Å². The second-order valence-electron chi connectivity index (χ2n) is 2.45. The van der Waals surface area contributed by atoms with E-state index in [2.05, 4.69) is 14.8 Å². The number of ether oxygens (including phenoxy) is 1. The van der Waals surface area contributed by atoms with Gasteiger partial charge in [0.2, 0.25) is 0 Å². The minimum Gasteiger partial charge on any atom is -0.469 e.